The maximum absolute atomic E-state index is 5.98. The van der Waals surface area contributed by atoms with E-state index >= 15 is 0 Å². The summed E-state index contributed by atoms with van der Waals surface area (Å²) in [5.74, 6) is 3.38. The van der Waals surface area contributed by atoms with Gasteiger partial charge in [-0.25, -0.2) is 0 Å². The molecule has 28 heavy (non-hydrogen) atoms. The maximum Gasteiger partial charge on any atom is 0.193 e. The normalized spacial score (nSPS) is 18.0. The van der Waals surface area contributed by atoms with E-state index in [4.69, 9.17) is 9.47 Å². The van der Waals surface area contributed by atoms with E-state index in [1.54, 1.807) is 7.11 Å². The van der Waals surface area contributed by atoms with Crippen LogP contribution in [0.25, 0.3) is 0 Å². The van der Waals surface area contributed by atoms with Crippen LogP contribution in [0.4, 0.5) is 0 Å². The van der Waals surface area contributed by atoms with Crippen LogP contribution in [-0.4, -0.2) is 75.3 Å². The topological polar surface area (TPSA) is 49.3 Å². The molecule has 6 nitrogen and oxygen atoms in total. The summed E-state index contributed by atoms with van der Waals surface area (Å²) in [5, 5.41) is 3.47. The van der Waals surface area contributed by atoms with Crippen molar-refractivity contribution < 1.29 is 9.47 Å². The zero-order valence-electron chi connectivity index (χ0n) is 18.0. The third-order valence-corrected chi connectivity index (χ3v) is 5.15. The molecule has 0 saturated carbocycles. The van der Waals surface area contributed by atoms with Gasteiger partial charge in [-0.3, -0.25) is 4.99 Å². The lowest BCUT2D eigenvalue weighted by Crippen LogP contribution is -2.44. The number of hydrogen-bond donors (Lipinski definition) is 1. The molecule has 1 aromatic carbocycles. The van der Waals surface area contributed by atoms with Gasteiger partial charge in [0.05, 0.1) is 13.7 Å². The Kier molecular flexibility index (Phi) is 11.6. The number of methoxy groups -OCH3 is 1. The van der Waals surface area contributed by atoms with Crippen molar-refractivity contribution in [3.05, 3.63) is 24.3 Å². The molecular formula is C21H37IN4O2. The van der Waals surface area contributed by atoms with E-state index in [1.165, 1.54) is 13.0 Å². The van der Waals surface area contributed by atoms with Gasteiger partial charge in [0, 0.05) is 26.7 Å². The Morgan fingerprint density at radius 2 is 1.89 bits per heavy atom. The highest BCUT2D eigenvalue weighted by Gasteiger charge is 2.26. The molecule has 1 saturated heterocycles. The summed E-state index contributed by atoms with van der Waals surface area (Å²) >= 11 is 0. The van der Waals surface area contributed by atoms with E-state index < -0.39 is 0 Å². The van der Waals surface area contributed by atoms with Crippen molar-refractivity contribution in [2.75, 3.05) is 53.4 Å². The standard InChI is InChI=1S/C21H36N4O2.HI/c1-6-24(7-2)15-18-12-13-25(16-18)21(22-4)23-14-17(3)27-20-10-8-19(26-5)9-11-20;/h8-11,17-18H,6-7,12-16H2,1-5H3,(H,22,23);1H. The van der Waals surface area contributed by atoms with Gasteiger partial charge in [0.2, 0.25) is 0 Å². The van der Waals surface area contributed by atoms with E-state index in [2.05, 4.69) is 40.9 Å². The van der Waals surface area contributed by atoms with E-state index in [0.717, 1.165) is 56.1 Å². The van der Waals surface area contributed by atoms with Gasteiger partial charge in [0.15, 0.2) is 5.96 Å². The molecule has 2 rings (SSSR count). The van der Waals surface area contributed by atoms with Gasteiger partial charge >= 0.3 is 0 Å². The van der Waals surface area contributed by atoms with Crippen molar-refractivity contribution >= 4 is 29.9 Å². The smallest absolute Gasteiger partial charge is 0.193 e. The molecule has 0 radical (unpaired) electrons. The Hall–Kier alpha value is -1.22. The fraction of sp³-hybridized carbons (Fsp3) is 0.667. The number of ether oxygens (including phenoxy) is 2. The fourth-order valence-electron chi connectivity index (χ4n) is 3.52. The number of aliphatic imine (C=N–C) groups is 1. The lowest BCUT2D eigenvalue weighted by molar-refractivity contribution is 0.221. The Balaban J connectivity index is 0.00000392. The maximum atomic E-state index is 5.98. The van der Waals surface area contributed by atoms with Gasteiger partial charge in [-0.1, -0.05) is 13.8 Å². The van der Waals surface area contributed by atoms with Crippen molar-refractivity contribution in [2.24, 2.45) is 10.9 Å². The van der Waals surface area contributed by atoms with Crippen molar-refractivity contribution in [3.63, 3.8) is 0 Å². The van der Waals surface area contributed by atoms with Crippen LogP contribution in [-0.2, 0) is 0 Å². The first-order valence-electron chi connectivity index (χ1n) is 10.1. The van der Waals surface area contributed by atoms with Crippen LogP contribution in [0.5, 0.6) is 11.5 Å². The highest BCUT2D eigenvalue weighted by Crippen LogP contribution is 2.19. The number of benzene rings is 1. The van der Waals surface area contributed by atoms with Gasteiger partial charge < -0.3 is 24.6 Å². The summed E-state index contributed by atoms with van der Waals surface area (Å²) in [5.41, 5.74) is 0. The first kappa shape index (κ1) is 24.8. The third-order valence-electron chi connectivity index (χ3n) is 5.15. The van der Waals surface area contributed by atoms with Crippen LogP contribution in [0.15, 0.2) is 29.3 Å². The first-order valence-corrected chi connectivity index (χ1v) is 10.1. The van der Waals surface area contributed by atoms with E-state index in [1.807, 2.05) is 31.3 Å². The SMILES string of the molecule is CCN(CC)CC1CCN(C(=NC)NCC(C)Oc2ccc(OC)cc2)C1.I. The number of nitrogens with zero attached hydrogens (tertiary/aromatic N) is 3. The molecule has 2 atom stereocenters. The van der Waals surface area contributed by atoms with Crippen LogP contribution in [0.2, 0.25) is 0 Å². The first-order chi connectivity index (χ1) is 13.1. The minimum Gasteiger partial charge on any atom is -0.497 e. The zero-order chi connectivity index (χ0) is 19.6. The van der Waals surface area contributed by atoms with Crippen molar-refractivity contribution in [2.45, 2.75) is 33.3 Å². The van der Waals surface area contributed by atoms with E-state index in [0.29, 0.717) is 0 Å². The van der Waals surface area contributed by atoms with E-state index in [-0.39, 0.29) is 30.1 Å². The summed E-state index contributed by atoms with van der Waals surface area (Å²) in [6, 6.07) is 7.69. The number of guanidine groups is 1. The van der Waals surface area contributed by atoms with Crippen molar-refractivity contribution in [1.82, 2.24) is 15.1 Å². The molecule has 0 aromatic heterocycles. The van der Waals surface area contributed by atoms with Crippen LogP contribution < -0.4 is 14.8 Å². The molecule has 1 aromatic rings. The molecule has 1 fully saturated rings. The fourth-order valence-corrected chi connectivity index (χ4v) is 3.52. The predicted octanol–water partition coefficient (Wildman–Crippen LogP) is 3.32. The predicted molar refractivity (Wildman–Crippen MR) is 127 cm³/mol. The molecule has 1 N–H and O–H groups in total. The number of likely N-dealkylation sites (tertiary alicyclic amines) is 1. The molecule has 1 aliphatic rings. The van der Waals surface area contributed by atoms with Crippen molar-refractivity contribution in [1.29, 1.82) is 0 Å². The van der Waals surface area contributed by atoms with Gasteiger partial charge in [-0.2, -0.15) is 0 Å². The monoisotopic (exact) mass is 504 g/mol. The highest BCUT2D eigenvalue weighted by molar-refractivity contribution is 14.0. The summed E-state index contributed by atoms with van der Waals surface area (Å²) in [6.07, 6.45) is 1.28. The second-order valence-electron chi connectivity index (χ2n) is 7.12. The summed E-state index contributed by atoms with van der Waals surface area (Å²) in [4.78, 5) is 9.35. The number of hydrogen-bond acceptors (Lipinski definition) is 4. The molecular weight excluding hydrogens is 467 g/mol. The number of halogens is 1. The Labute approximate surface area is 187 Å². The molecule has 0 aliphatic carbocycles. The van der Waals surface area contributed by atoms with Gasteiger partial charge in [0.1, 0.15) is 17.6 Å². The molecule has 0 bridgehead atoms. The summed E-state index contributed by atoms with van der Waals surface area (Å²) in [6.45, 7) is 12.8. The Morgan fingerprint density at radius 3 is 2.46 bits per heavy atom. The van der Waals surface area contributed by atoms with Crippen LogP contribution >= 0.6 is 24.0 Å². The zero-order valence-corrected chi connectivity index (χ0v) is 20.3. The lowest BCUT2D eigenvalue weighted by atomic mass is 10.1. The average molecular weight is 504 g/mol. The minimum atomic E-state index is 0. The molecule has 1 heterocycles. The largest absolute Gasteiger partial charge is 0.497 e. The molecule has 0 amide bonds. The van der Waals surface area contributed by atoms with Gasteiger partial charge in [-0.05, 0) is 56.6 Å². The molecule has 1 aliphatic heterocycles. The Morgan fingerprint density at radius 1 is 1.25 bits per heavy atom. The third kappa shape index (κ3) is 7.66. The van der Waals surface area contributed by atoms with Crippen LogP contribution in [0.3, 0.4) is 0 Å². The lowest BCUT2D eigenvalue weighted by Gasteiger charge is -2.25. The van der Waals surface area contributed by atoms with Crippen LogP contribution in [0.1, 0.15) is 27.2 Å². The summed E-state index contributed by atoms with van der Waals surface area (Å²) in [7, 11) is 3.52. The molecule has 0 spiro atoms. The Bertz CT molecular complexity index is 578. The van der Waals surface area contributed by atoms with Gasteiger partial charge in [0.25, 0.3) is 0 Å². The van der Waals surface area contributed by atoms with Crippen LogP contribution in [0, 0.1) is 5.92 Å². The minimum absolute atomic E-state index is 0. The number of nitrogens with one attached hydrogen (secondary N) is 1. The average Bonchev–Trinajstić information content (AvgIpc) is 3.15. The quantitative estimate of drug-likeness (QED) is 0.318. The van der Waals surface area contributed by atoms with Gasteiger partial charge in [-0.15, -0.1) is 24.0 Å². The summed E-state index contributed by atoms with van der Waals surface area (Å²) < 4.78 is 11.2. The molecule has 160 valence electrons. The van der Waals surface area contributed by atoms with Crippen molar-refractivity contribution in [3.8, 4) is 11.5 Å². The molecule has 7 heteroatoms. The highest BCUT2D eigenvalue weighted by atomic mass is 127. The second kappa shape index (κ2) is 13.1. The number of rotatable bonds is 9. The second-order valence-corrected chi connectivity index (χ2v) is 7.12. The molecule has 2 unspecified atom stereocenters. The van der Waals surface area contributed by atoms with E-state index in [9.17, 15) is 0 Å².